The first-order chi connectivity index (χ1) is 41.2. The molecule has 6 atom stereocenters. The van der Waals surface area contributed by atoms with E-state index in [1.807, 2.05) is 100 Å². The van der Waals surface area contributed by atoms with Gasteiger partial charge in [0.15, 0.2) is 0 Å². The summed E-state index contributed by atoms with van der Waals surface area (Å²) in [7, 11) is 0. The van der Waals surface area contributed by atoms with E-state index in [0.717, 1.165) is 74.1 Å². The molecule has 0 radical (unpaired) electrons. The normalized spacial score (nSPS) is 19.2. The molecular formula is C75H108O12. The second-order valence-corrected chi connectivity index (χ2v) is 23.0. The summed E-state index contributed by atoms with van der Waals surface area (Å²) in [4.78, 5) is 0. The maximum Gasteiger partial charge on any atom is 0.119 e. The van der Waals surface area contributed by atoms with Crippen molar-refractivity contribution in [1.82, 2.24) is 0 Å². The van der Waals surface area contributed by atoms with Crippen LogP contribution in [0.3, 0.4) is 0 Å². The smallest absolute Gasteiger partial charge is 0.119 e. The minimum absolute atomic E-state index is 0. The van der Waals surface area contributed by atoms with Gasteiger partial charge in [-0.15, -0.1) is 0 Å². The van der Waals surface area contributed by atoms with Gasteiger partial charge in [-0.3, -0.25) is 0 Å². The molecular weight excluding hydrogens is 1090 g/mol. The summed E-state index contributed by atoms with van der Waals surface area (Å²) in [5.74, 6) is 5.34. The molecule has 6 aromatic carbocycles. The highest BCUT2D eigenvalue weighted by Crippen LogP contribution is 2.37. The van der Waals surface area contributed by atoms with Gasteiger partial charge in [0, 0.05) is 16.2 Å². The molecule has 0 saturated carbocycles. The first-order valence-electron chi connectivity index (χ1n) is 31.3. The summed E-state index contributed by atoms with van der Waals surface area (Å²) >= 11 is 0. The molecule has 0 bridgehead atoms. The first-order valence-corrected chi connectivity index (χ1v) is 31.3. The van der Waals surface area contributed by atoms with Crippen LogP contribution in [-0.2, 0) is 44.7 Å². The molecule has 0 amide bonds. The van der Waals surface area contributed by atoms with Crippen molar-refractivity contribution in [1.29, 1.82) is 0 Å². The van der Waals surface area contributed by atoms with Crippen molar-refractivity contribution >= 4 is 0 Å². The molecule has 480 valence electrons. The van der Waals surface area contributed by atoms with Gasteiger partial charge in [0.1, 0.15) is 111 Å². The lowest BCUT2D eigenvalue weighted by Gasteiger charge is -2.26. The maximum atomic E-state index is 5.72. The zero-order chi connectivity index (χ0) is 61.2. The molecule has 0 aromatic heterocycles. The summed E-state index contributed by atoms with van der Waals surface area (Å²) in [6, 6.07) is 50.1. The minimum atomic E-state index is -0.0870. The van der Waals surface area contributed by atoms with Gasteiger partial charge in [-0.05, 0) is 106 Å². The summed E-state index contributed by atoms with van der Waals surface area (Å²) < 4.78 is 65.3. The standard InChI is InChI=1S/3C21H24O4.2C3H8.2C2H6.2CH4/c3*1-21(2,15-3-7-17(8-4-15)22-11-19-13-24-19)16-5-9-18(10-6-16)23-12-20-14-25-20;2*1-3-2;2*1-2;;/h3*3-10,19-20H,11-14H2,1-2H3;2*3H2,1-2H3;2*1-2H3;2*1H4. The fourth-order valence-corrected chi connectivity index (χ4v) is 8.43. The van der Waals surface area contributed by atoms with Crippen LogP contribution >= 0.6 is 0 Å². The van der Waals surface area contributed by atoms with Gasteiger partial charge in [-0.2, -0.15) is 0 Å². The highest BCUT2D eigenvalue weighted by atomic mass is 16.6. The van der Waals surface area contributed by atoms with Crippen molar-refractivity contribution in [3.05, 3.63) is 179 Å². The number of rotatable bonds is 24. The number of benzene rings is 6. The van der Waals surface area contributed by atoms with E-state index in [-0.39, 0.29) is 67.7 Å². The lowest BCUT2D eigenvalue weighted by atomic mass is 9.78. The van der Waals surface area contributed by atoms with Crippen molar-refractivity contribution in [2.24, 2.45) is 0 Å². The Balaban J connectivity index is 0.000000257. The van der Waals surface area contributed by atoms with Gasteiger partial charge in [-0.1, -0.05) is 197 Å². The molecule has 87 heavy (non-hydrogen) atoms. The minimum Gasteiger partial charge on any atom is -0.491 e. The lowest BCUT2D eigenvalue weighted by molar-refractivity contribution is 0.263. The molecule has 6 heterocycles. The van der Waals surface area contributed by atoms with E-state index in [1.165, 1.54) is 46.2 Å². The largest absolute Gasteiger partial charge is 0.491 e. The summed E-state index contributed by atoms with van der Waals surface area (Å²) in [5.41, 5.74) is 7.25. The Hall–Kier alpha value is -6.12. The molecule has 0 spiro atoms. The number of hydrogen-bond donors (Lipinski definition) is 0. The predicted molar refractivity (Wildman–Crippen MR) is 355 cm³/mol. The molecule has 6 unspecified atom stereocenters. The molecule has 6 aromatic rings. The second-order valence-electron chi connectivity index (χ2n) is 23.0. The van der Waals surface area contributed by atoms with Crippen LogP contribution < -0.4 is 28.4 Å². The van der Waals surface area contributed by atoms with E-state index in [2.05, 4.69) is 142 Å². The fourth-order valence-electron chi connectivity index (χ4n) is 8.43. The molecule has 12 nitrogen and oxygen atoms in total. The van der Waals surface area contributed by atoms with Gasteiger partial charge in [0.05, 0.1) is 39.6 Å². The van der Waals surface area contributed by atoms with Gasteiger partial charge in [-0.25, -0.2) is 0 Å². The van der Waals surface area contributed by atoms with Crippen molar-refractivity contribution < 1.29 is 56.8 Å². The van der Waals surface area contributed by atoms with Crippen LogP contribution in [0.2, 0.25) is 0 Å². The van der Waals surface area contributed by atoms with Crippen LogP contribution in [0, 0.1) is 0 Å². The molecule has 12 heteroatoms. The van der Waals surface area contributed by atoms with Gasteiger partial charge >= 0.3 is 0 Å². The van der Waals surface area contributed by atoms with E-state index >= 15 is 0 Å². The summed E-state index contributed by atoms with van der Waals surface area (Å²) in [6.07, 6.45) is 4.19. The fraction of sp³-hybridized carbons (Fsp3) is 0.520. The lowest BCUT2D eigenvalue weighted by Crippen LogP contribution is -2.18. The molecule has 6 aliphatic rings. The van der Waals surface area contributed by atoms with Gasteiger partial charge in [0.25, 0.3) is 0 Å². The molecule has 6 aliphatic heterocycles. The van der Waals surface area contributed by atoms with E-state index in [4.69, 9.17) is 56.8 Å². The summed E-state index contributed by atoms with van der Waals surface area (Å²) in [5, 5.41) is 0. The third-order valence-corrected chi connectivity index (χ3v) is 14.5. The Morgan fingerprint density at radius 3 is 0.460 bits per heavy atom. The average Bonchev–Trinajstić information content (AvgIpc) is 3.00. The Labute approximate surface area is 524 Å². The molecule has 6 saturated heterocycles. The number of hydrogen-bond acceptors (Lipinski definition) is 12. The molecule has 0 aliphatic carbocycles. The first kappa shape index (κ1) is 73.4. The monoisotopic (exact) mass is 1200 g/mol. The van der Waals surface area contributed by atoms with Crippen LogP contribution in [0.15, 0.2) is 146 Å². The van der Waals surface area contributed by atoms with Crippen molar-refractivity contribution in [2.45, 2.75) is 177 Å². The predicted octanol–water partition coefficient (Wildman–Crippen LogP) is 16.9. The molecule has 6 fully saturated rings. The Morgan fingerprint density at radius 1 is 0.264 bits per heavy atom. The summed E-state index contributed by atoms with van der Waals surface area (Å²) in [6.45, 7) is 38.6. The van der Waals surface area contributed by atoms with Crippen molar-refractivity contribution in [3.63, 3.8) is 0 Å². The van der Waals surface area contributed by atoms with Gasteiger partial charge < -0.3 is 56.8 Å². The van der Waals surface area contributed by atoms with Gasteiger partial charge in [0.2, 0.25) is 0 Å². The highest BCUT2D eigenvalue weighted by molar-refractivity contribution is 5.45. The molecule has 12 rings (SSSR count). The Kier molecular flexibility index (Phi) is 31.2. The van der Waals surface area contributed by atoms with E-state index in [0.29, 0.717) is 39.6 Å². The SMILES string of the molecule is C.C.CC.CC.CC(C)(c1ccc(OCC2CO2)cc1)c1ccc(OCC2CO2)cc1.CC(C)(c1ccc(OCC2CO2)cc1)c1ccc(OCC2CO2)cc1.CC(C)(c1ccc(OCC2CO2)cc1)c1ccc(OCC2CO2)cc1.CCC.CCC. The van der Waals surface area contributed by atoms with E-state index < -0.39 is 0 Å². The number of ether oxygens (including phenoxy) is 12. The third-order valence-electron chi connectivity index (χ3n) is 14.5. The Bertz CT molecular complexity index is 2250. The van der Waals surface area contributed by atoms with Crippen LogP contribution in [0.5, 0.6) is 34.5 Å². The van der Waals surface area contributed by atoms with Crippen molar-refractivity contribution in [3.8, 4) is 34.5 Å². The zero-order valence-corrected chi connectivity index (χ0v) is 53.6. The van der Waals surface area contributed by atoms with Crippen molar-refractivity contribution in [2.75, 3.05) is 79.3 Å². The third kappa shape index (κ3) is 25.5. The number of epoxide rings is 6. The van der Waals surface area contributed by atoms with Crippen LogP contribution in [0.4, 0.5) is 0 Å². The van der Waals surface area contributed by atoms with Crippen LogP contribution in [0.25, 0.3) is 0 Å². The molecule has 0 N–H and O–H groups in total. The van der Waals surface area contributed by atoms with Crippen LogP contribution in [0.1, 0.15) is 158 Å². The zero-order valence-electron chi connectivity index (χ0n) is 53.6. The topological polar surface area (TPSA) is 131 Å². The quantitative estimate of drug-likeness (QED) is 0.0535. The van der Waals surface area contributed by atoms with E-state index in [9.17, 15) is 0 Å². The second kappa shape index (κ2) is 37.0. The average molecular weight is 1200 g/mol. The highest BCUT2D eigenvalue weighted by Gasteiger charge is 2.30. The maximum absolute atomic E-state index is 5.72. The Morgan fingerprint density at radius 2 is 0.368 bits per heavy atom. The van der Waals surface area contributed by atoms with E-state index in [1.54, 1.807) is 0 Å². The van der Waals surface area contributed by atoms with Crippen LogP contribution in [-0.4, -0.2) is 116 Å².